The van der Waals surface area contributed by atoms with Crippen LogP contribution in [0.5, 0.6) is 0 Å². The summed E-state index contributed by atoms with van der Waals surface area (Å²) in [6, 6.07) is 17.0. The van der Waals surface area contributed by atoms with Gasteiger partial charge in [0.1, 0.15) is 12.0 Å². The van der Waals surface area contributed by atoms with Crippen molar-refractivity contribution in [2.75, 3.05) is 13.1 Å². The summed E-state index contributed by atoms with van der Waals surface area (Å²) in [5.74, 6) is 1.15. The van der Waals surface area contributed by atoms with Gasteiger partial charge in [-0.3, -0.25) is 0 Å². The molecule has 1 aromatic heterocycles. The van der Waals surface area contributed by atoms with E-state index in [1.165, 1.54) is 0 Å². The topological polar surface area (TPSA) is 82.7 Å². The van der Waals surface area contributed by atoms with Crippen LogP contribution in [0.4, 0.5) is 0 Å². The van der Waals surface area contributed by atoms with Gasteiger partial charge in [-0.05, 0) is 25.1 Å². The molecule has 3 aromatic rings. The first-order valence-corrected chi connectivity index (χ1v) is 9.49. The predicted molar refractivity (Wildman–Crippen MR) is 127 cm³/mol. The van der Waals surface area contributed by atoms with Crippen molar-refractivity contribution in [2.45, 2.75) is 19.6 Å². The third kappa shape index (κ3) is 6.73. The molecule has 0 bridgehead atoms. The van der Waals surface area contributed by atoms with Crippen LogP contribution in [0.1, 0.15) is 24.3 Å². The van der Waals surface area contributed by atoms with E-state index in [1.54, 1.807) is 18.4 Å². The SMILES string of the molecule is CCNC(=NCc1coc(-c2ccccc2)n1)NCC(O)c1ccccc1Cl.I. The molecule has 1 atom stereocenters. The van der Waals surface area contributed by atoms with Crippen molar-refractivity contribution in [3.05, 3.63) is 77.1 Å². The average molecular weight is 527 g/mol. The van der Waals surface area contributed by atoms with Crippen LogP contribution in [-0.2, 0) is 6.54 Å². The number of aliphatic imine (C=N–C) groups is 1. The Morgan fingerprint density at radius 2 is 1.86 bits per heavy atom. The molecule has 29 heavy (non-hydrogen) atoms. The van der Waals surface area contributed by atoms with E-state index < -0.39 is 6.10 Å². The Hall–Kier alpha value is -2.10. The molecule has 3 rings (SSSR count). The number of hydrogen-bond donors (Lipinski definition) is 3. The standard InChI is InChI=1S/C21H23ClN4O2.HI/c1-2-23-21(25-13-19(27)17-10-6-7-11-18(17)22)24-12-16-14-28-20(26-16)15-8-4-3-5-9-15;/h3-11,14,19,27H,2,12-13H2,1H3,(H2,23,24,25);1H. The molecule has 1 unspecified atom stereocenters. The molecule has 0 aliphatic heterocycles. The number of rotatable bonds is 7. The highest BCUT2D eigenvalue weighted by molar-refractivity contribution is 14.0. The van der Waals surface area contributed by atoms with Gasteiger partial charge < -0.3 is 20.2 Å². The minimum Gasteiger partial charge on any atom is -0.444 e. The van der Waals surface area contributed by atoms with Gasteiger partial charge in [-0.15, -0.1) is 24.0 Å². The summed E-state index contributed by atoms with van der Waals surface area (Å²) in [5.41, 5.74) is 2.32. The van der Waals surface area contributed by atoms with Crippen LogP contribution in [0.25, 0.3) is 11.5 Å². The second-order valence-electron chi connectivity index (χ2n) is 6.12. The smallest absolute Gasteiger partial charge is 0.226 e. The second kappa shape index (κ2) is 11.8. The van der Waals surface area contributed by atoms with Crippen LogP contribution in [-0.4, -0.2) is 29.1 Å². The molecule has 0 aliphatic rings. The van der Waals surface area contributed by atoms with Gasteiger partial charge in [-0.1, -0.05) is 48.0 Å². The van der Waals surface area contributed by atoms with Gasteiger partial charge in [-0.25, -0.2) is 9.98 Å². The van der Waals surface area contributed by atoms with Gasteiger partial charge >= 0.3 is 0 Å². The third-order valence-corrected chi connectivity index (χ3v) is 4.39. The lowest BCUT2D eigenvalue weighted by Gasteiger charge is -2.16. The van der Waals surface area contributed by atoms with Crippen LogP contribution >= 0.6 is 35.6 Å². The fourth-order valence-electron chi connectivity index (χ4n) is 2.64. The van der Waals surface area contributed by atoms with E-state index >= 15 is 0 Å². The highest BCUT2D eigenvalue weighted by atomic mass is 127. The Balaban J connectivity index is 0.00000300. The lowest BCUT2D eigenvalue weighted by molar-refractivity contribution is 0.181. The molecule has 2 aromatic carbocycles. The van der Waals surface area contributed by atoms with E-state index in [4.69, 9.17) is 16.0 Å². The van der Waals surface area contributed by atoms with Gasteiger partial charge in [0.15, 0.2) is 5.96 Å². The Morgan fingerprint density at radius 1 is 1.14 bits per heavy atom. The van der Waals surface area contributed by atoms with Crippen LogP contribution in [0.15, 0.2) is 70.3 Å². The fourth-order valence-corrected chi connectivity index (χ4v) is 2.91. The molecule has 0 saturated heterocycles. The first-order valence-electron chi connectivity index (χ1n) is 9.12. The summed E-state index contributed by atoms with van der Waals surface area (Å²) >= 11 is 6.14. The normalized spacial score (nSPS) is 12.2. The van der Waals surface area contributed by atoms with Crippen molar-refractivity contribution in [1.82, 2.24) is 15.6 Å². The minimum atomic E-state index is -0.741. The monoisotopic (exact) mass is 526 g/mol. The van der Waals surface area contributed by atoms with Crippen molar-refractivity contribution in [3.63, 3.8) is 0 Å². The molecule has 1 heterocycles. The zero-order valence-electron chi connectivity index (χ0n) is 16.0. The molecule has 154 valence electrons. The zero-order chi connectivity index (χ0) is 19.8. The fraction of sp³-hybridized carbons (Fsp3) is 0.238. The minimum absolute atomic E-state index is 0. The molecule has 0 fully saturated rings. The number of oxazole rings is 1. The van der Waals surface area contributed by atoms with Crippen molar-refractivity contribution in [3.8, 4) is 11.5 Å². The number of benzene rings is 2. The molecule has 3 N–H and O–H groups in total. The van der Waals surface area contributed by atoms with Gasteiger partial charge in [0.25, 0.3) is 0 Å². The van der Waals surface area contributed by atoms with Crippen molar-refractivity contribution >= 4 is 41.5 Å². The molecule has 6 nitrogen and oxygen atoms in total. The number of nitrogens with zero attached hydrogens (tertiary/aromatic N) is 2. The number of aliphatic hydroxyl groups excluding tert-OH is 1. The number of halogens is 2. The third-order valence-electron chi connectivity index (χ3n) is 4.04. The Kier molecular flexibility index (Phi) is 9.43. The van der Waals surface area contributed by atoms with E-state index in [2.05, 4.69) is 20.6 Å². The van der Waals surface area contributed by atoms with Crippen LogP contribution in [0.3, 0.4) is 0 Å². The van der Waals surface area contributed by atoms with Gasteiger partial charge in [0, 0.05) is 29.2 Å². The molecule has 8 heteroatoms. The van der Waals surface area contributed by atoms with Crippen molar-refractivity contribution in [2.24, 2.45) is 4.99 Å². The maximum absolute atomic E-state index is 10.4. The second-order valence-corrected chi connectivity index (χ2v) is 6.53. The number of nitrogens with one attached hydrogen (secondary N) is 2. The number of aromatic nitrogens is 1. The molecule has 0 spiro atoms. The first kappa shape index (κ1) is 23.2. The van der Waals surface area contributed by atoms with E-state index in [9.17, 15) is 5.11 Å². The van der Waals surface area contributed by atoms with Gasteiger partial charge in [0.2, 0.25) is 5.89 Å². The van der Waals surface area contributed by atoms with Crippen molar-refractivity contribution in [1.29, 1.82) is 0 Å². The molecule has 0 radical (unpaired) electrons. The zero-order valence-corrected chi connectivity index (χ0v) is 19.1. The van der Waals surface area contributed by atoms with Gasteiger partial charge in [-0.2, -0.15) is 0 Å². The predicted octanol–water partition coefficient (Wildman–Crippen LogP) is 4.40. The highest BCUT2D eigenvalue weighted by Gasteiger charge is 2.12. The first-order chi connectivity index (χ1) is 13.7. The molecule has 0 aliphatic carbocycles. The molecule has 0 amide bonds. The summed E-state index contributed by atoms with van der Waals surface area (Å²) in [6.45, 7) is 3.31. The Morgan fingerprint density at radius 3 is 2.59 bits per heavy atom. The Labute approximate surface area is 192 Å². The molecule has 0 saturated carbocycles. The summed E-state index contributed by atoms with van der Waals surface area (Å²) in [5, 5.41) is 17.2. The van der Waals surface area contributed by atoms with E-state index in [1.807, 2.05) is 49.4 Å². The molecular formula is C21H24ClIN4O2. The van der Waals surface area contributed by atoms with Crippen LogP contribution in [0.2, 0.25) is 5.02 Å². The van der Waals surface area contributed by atoms with Gasteiger partial charge in [0.05, 0.1) is 12.6 Å². The van der Waals surface area contributed by atoms with E-state index in [-0.39, 0.29) is 30.5 Å². The maximum atomic E-state index is 10.4. The average Bonchev–Trinajstić information content (AvgIpc) is 3.20. The van der Waals surface area contributed by atoms with E-state index in [0.717, 1.165) is 11.3 Å². The quantitative estimate of drug-likeness (QED) is 0.241. The summed E-state index contributed by atoms with van der Waals surface area (Å²) in [7, 11) is 0. The lowest BCUT2D eigenvalue weighted by atomic mass is 10.1. The number of guanidine groups is 1. The largest absolute Gasteiger partial charge is 0.444 e. The molecular weight excluding hydrogens is 503 g/mol. The van der Waals surface area contributed by atoms with E-state index in [0.29, 0.717) is 35.5 Å². The maximum Gasteiger partial charge on any atom is 0.226 e. The Bertz CT molecular complexity index is 918. The number of aliphatic hydroxyl groups is 1. The van der Waals surface area contributed by atoms with Crippen LogP contribution < -0.4 is 10.6 Å². The summed E-state index contributed by atoms with van der Waals surface area (Å²) < 4.78 is 5.54. The highest BCUT2D eigenvalue weighted by Crippen LogP contribution is 2.22. The lowest BCUT2D eigenvalue weighted by Crippen LogP contribution is -2.39. The summed E-state index contributed by atoms with van der Waals surface area (Å²) in [4.78, 5) is 8.98. The van der Waals surface area contributed by atoms with Crippen LogP contribution in [0, 0.1) is 0 Å². The summed E-state index contributed by atoms with van der Waals surface area (Å²) in [6.07, 6.45) is 0.864. The number of hydrogen-bond acceptors (Lipinski definition) is 4. The van der Waals surface area contributed by atoms with Crippen molar-refractivity contribution < 1.29 is 9.52 Å².